The molecule has 0 unspecified atom stereocenters. The zero-order valence-corrected chi connectivity index (χ0v) is 8.73. The number of hydrogen-bond acceptors (Lipinski definition) is 4. The first-order valence-electron chi connectivity index (χ1n) is 5.02. The van der Waals surface area contributed by atoms with Gasteiger partial charge < -0.3 is 5.73 Å². The van der Waals surface area contributed by atoms with Crippen molar-refractivity contribution < 1.29 is 0 Å². The fraction of sp³-hybridized carbons (Fsp3) is 0.500. The Morgan fingerprint density at radius 2 is 2.13 bits per heavy atom. The maximum atomic E-state index is 6.02. The van der Waals surface area contributed by atoms with Gasteiger partial charge in [-0.3, -0.25) is 0 Å². The van der Waals surface area contributed by atoms with E-state index in [0.717, 1.165) is 11.1 Å². The highest BCUT2D eigenvalue weighted by Crippen LogP contribution is 2.57. The van der Waals surface area contributed by atoms with Crippen LogP contribution in [0.2, 0.25) is 0 Å². The number of nitrogens with one attached hydrogen (secondary N) is 1. The molecule has 15 heavy (non-hydrogen) atoms. The van der Waals surface area contributed by atoms with Crippen LogP contribution in [0.1, 0.15) is 25.3 Å². The Hall–Kier alpha value is -1.49. The molecule has 1 saturated carbocycles. The zero-order chi connectivity index (χ0) is 10.6. The van der Waals surface area contributed by atoms with Crippen molar-refractivity contribution in [1.29, 1.82) is 0 Å². The van der Waals surface area contributed by atoms with E-state index in [1.807, 2.05) is 12.3 Å². The smallest absolute Gasteiger partial charge is 0.201 e. The summed E-state index contributed by atoms with van der Waals surface area (Å²) in [5.74, 6) is 0.395. The van der Waals surface area contributed by atoms with Gasteiger partial charge in [0.25, 0.3) is 0 Å². The molecule has 1 aliphatic rings. The van der Waals surface area contributed by atoms with E-state index >= 15 is 0 Å². The summed E-state index contributed by atoms with van der Waals surface area (Å²) < 4.78 is 0. The van der Waals surface area contributed by atoms with E-state index in [9.17, 15) is 0 Å². The highest BCUT2D eigenvalue weighted by Gasteiger charge is 2.56. The highest BCUT2D eigenvalue weighted by molar-refractivity contribution is 5.69. The number of pyridine rings is 1. The molecule has 0 bridgehead atoms. The third-order valence-electron chi connectivity index (χ3n) is 3.46. The lowest BCUT2D eigenvalue weighted by molar-refractivity contribution is 0.599. The number of nitrogens with zero attached hydrogens (tertiary/aromatic N) is 3. The molecule has 0 amide bonds. The molecule has 2 aromatic rings. The molecule has 78 valence electrons. The summed E-state index contributed by atoms with van der Waals surface area (Å²) in [5, 5.41) is 10.5. The molecule has 1 fully saturated rings. The molecule has 2 aromatic heterocycles. The van der Waals surface area contributed by atoms with Crippen LogP contribution in [-0.2, 0) is 0 Å². The van der Waals surface area contributed by atoms with Gasteiger partial charge in [0.1, 0.15) is 5.52 Å². The molecule has 0 aromatic carbocycles. The van der Waals surface area contributed by atoms with E-state index < -0.39 is 0 Å². The van der Waals surface area contributed by atoms with Gasteiger partial charge in [0, 0.05) is 18.2 Å². The van der Waals surface area contributed by atoms with Crippen LogP contribution >= 0.6 is 0 Å². The summed E-state index contributed by atoms with van der Waals surface area (Å²) in [7, 11) is 0. The predicted molar refractivity (Wildman–Crippen MR) is 56.2 cm³/mol. The second kappa shape index (κ2) is 2.55. The molecule has 3 N–H and O–H groups in total. The van der Waals surface area contributed by atoms with Crippen molar-refractivity contribution in [1.82, 2.24) is 20.4 Å². The van der Waals surface area contributed by atoms with E-state index in [-0.39, 0.29) is 11.5 Å². The van der Waals surface area contributed by atoms with Crippen molar-refractivity contribution in [3.63, 3.8) is 0 Å². The van der Waals surface area contributed by atoms with E-state index in [2.05, 4.69) is 34.2 Å². The van der Waals surface area contributed by atoms with Crippen LogP contribution in [0.5, 0.6) is 0 Å². The van der Waals surface area contributed by atoms with Gasteiger partial charge in [-0.15, -0.1) is 5.10 Å². The average molecular weight is 203 g/mol. The summed E-state index contributed by atoms with van der Waals surface area (Å²) >= 11 is 0. The van der Waals surface area contributed by atoms with E-state index in [0.29, 0.717) is 11.6 Å². The predicted octanol–water partition coefficient (Wildman–Crippen LogP) is 0.804. The lowest BCUT2D eigenvalue weighted by Crippen LogP contribution is -2.06. The molecule has 0 aliphatic heterocycles. The Morgan fingerprint density at radius 3 is 2.80 bits per heavy atom. The van der Waals surface area contributed by atoms with Gasteiger partial charge in [-0.1, -0.05) is 13.8 Å². The van der Waals surface area contributed by atoms with Gasteiger partial charge in [0.05, 0.1) is 0 Å². The molecule has 2 atom stereocenters. The molecule has 2 heterocycles. The Labute approximate surface area is 87.1 Å². The molecular formula is C10H13N5. The van der Waals surface area contributed by atoms with Gasteiger partial charge in [-0.05, 0) is 17.0 Å². The van der Waals surface area contributed by atoms with Crippen molar-refractivity contribution in [2.24, 2.45) is 11.1 Å². The van der Waals surface area contributed by atoms with Crippen LogP contribution in [-0.4, -0.2) is 26.4 Å². The van der Waals surface area contributed by atoms with Crippen molar-refractivity contribution in [3.8, 4) is 0 Å². The van der Waals surface area contributed by atoms with E-state index in [4.69, 9.17) is 5.73 Å². The Bertz CT molecular complexity index is 515. The lowest BCUT2D eigenvalue weighted by atomic mass is 10.0. The minimum Gasteiger partial charge on any atom is -0.327 e. The SMILES string of the molecule is CC1(C)[C@H](N)[C@H]1c1cnc2n[nH]nc2c1. The standard InChI is InChI=1S/C10H13N5/c1-10(2)7(8(10)11)5-3-6-9(12-4-5)14-15-13-6/h3-4,7-8H,11H2,1-2H3,(H,12,13,14,15)/t7-,8-/m1/s1. The van der Waals surface area contributed by atoms with Crippen LogP contribution in [0.4, 0.5) is 0 Å². The van der Waals surface area contributed by atoms with Gasteiger partial charge in [-0.25, -0.2) is 4.98 Å². The topological polar surface area (TPSA) is 80.5 Å². The molecule has 3 rings (SSSR count). The number of aromatic amines is 1. The van der Waals surface area contributed by atoms with Crippen molar-refractivity contribution in [2.75, 3.05) is 0 Å². The van der Waals surface area contributed by atoms with Crippen LogP contribution in [0, 0.1) is 5.41 Å². The van der Waals surface area contributed by atoms with Crippen LogP contribution < -0.4 is 5.73 Å². The number of H-pyrrole nitrogens is 1. The van der Waals surface area contributed by atoms with E-state index in [1.54, 1.807) is 0 Å². The van der Waals surface area contributed by atoms with Gasteiger partial charge in [-0.2, -0.15) is 10.3 Å². The summed E-state index contributed by atoms with van der Waals surface area (Å²) in [6.07, 6.45) is 1.85. The normalized spacial score (nSPS) is 28.2. The minimum atomic E-state index is 0.180. The summed E-state index contributed by atoms with van der Waals surface area (Å²) in [6, 6.07) is 2.24. The monoisotopic (exact) mass is 203 g/mol. The third-order valence-corrected chi connectivity index (χ3v) is 3.46. The molecule has 5 heteroatoms. The Balaban J connectivity index is 2.06. The molecule has 0 radical (unpaired) electrons. The van der Waals surface area contributed by atoms with E-state index in [1.165, 1.54) is 0 Å². The maximum Gasteiger partial charge on any atom is 0.201 e. The second-order valence-corrected chi connectivity index (χ2v) is 4.76. The first-order valence-corrected chi connectivity index (χ1v) is 5.02. The third kappa shape index (κ3) is 1.10. The van der Waals surface area contributed by atoms with Gasteiger partial charge >= 0.3 is 0 Å². The molecule has 0 spiro atoms. The Morgan fingerprint density at radius 1 is 1.40 bits per heavy atom. The van der Waals surface area contributed by atoms with Crippen molar-refractivity contribution in [3.05, 3.63) is 17.8 Å². The molecule has 5 nitrogen and oxygen atoms in total. The highest BCUT2D eigenvalue weighted by atomic mass is 15.3. The summed E-state index contributed by atoms with van der Waals surface area (Å²) in [4.78, 5) is 4.24. The van der Waals surface area contributed by atoms with Crippen molar-refractivity contribution >= 4 is 11.2 Å². The van der Waals surface area contributed by atoms with Crippen LogP contribution in [0.15, 0.2) is 12.3 Å². The number of rotatable bonds is 1. The molecular weight excluding hydrogens is 190 g/mol. The first kappa shape index (κ1) is 8.79. The zero-order valence-electron chi connectivity index (χ0n) is 8.73. The largest absolute Gasteiger partial charge is 0.327 e. The van der Waals surface area contributed by atoms with Gasteiger partial charge in [0.2, 0.25) is 5.65 Å². The number of nitrogens with two attached hydrogens (primary N) is 1. The maximum absolute atomic E-state index is 6.02. The average Bonchev–Trinajstić information content (AvgIpc) is 2.62. The summed E-state index contributed by atoms with van der Waals surface area (Å²) in [5.41, 5.74) is 8.83. The number of fused-ring (bicyclic) bond motifs is 1. The van der Waals surface area contributed by atoms with Gasteiger partial charge in [0.15, 0.2) is 0 Å². The molecule has 1 aliphatic carbocycles. The van der Waals surface area contributed by atoms with Crippen LogP contribution in [0.3, 0.4) is 0 Å². The quantitative estimate of drug-likeness (QED) is 0.718. The fourth-order valence-electron chi connectivity index (χ4n) is 2.24. The minimum absolute atomic E-state index is 0.180. The number of hydrogen-bond donors (Lipinski definition) is 2. The first-order chi connectivity index (χ1) is 7.10. The van der Waals surface area contributed by atoms with Crippen molar-refractivity contribution in [2.45, 2.75) is 25.8 Å². The number of aromatic nitrogens is 4. The molecule has 0 saturated heterocycles. The fourth-order valence-corrected chi connectivity index (χ4v) is 2.24. The summed E-state index contributed by atoms with van der Waals surface area (Å²) in [6.45, 7) is 4.35. The Kier molecular flexibility index (Phi) is 1.49. The second-order valence-electron chi connectivity index (χ2n) is 4.76. The van der Waals surface area contributed by atoms with Crippen LogP contribution in [0.25, 0.3) is 11.2 Å². The lowest BCUT2D eigenvalue weighted by Gasteiger charge is -2.01.